The maximum atomic E-state index is 11.3. The Morgan fingerprint density at radius 2 is 2.35 bits per heavy atom. The van der Waals surface area contributed by atoms with E-state index in [2.05, 4.69) is 23.8 Å². The number of likely N-dealkylation sites (N-methyl/N-ethyl adjacent to an activating group) is 1. The quantitative estimate of drug-likeness (QED) is 0.853. The van der Waals surface area contributed by atoms with Crippen LogP contribution in [-0.2, 0) is 16.1 Å². The van der Waals surface area contributed by atoms with E-state index in [1.165, 1.54) is 0 Å². The van der Waals surface area contributed by atoms with Crippen LogP contribution < -0.4 is 0 Å². The summed E-state index contributed by atoms with van der Waals surface area (Å²) >= 11 is 0. The molecule has 1 fully saturated rings. The lowest BCUT2D eigenvalue weighted by molar-refractivity contribution is -0.143. The Kier molecular flexibility index (Phi) is 4.77. The molecule has 0 spiro atoms. The Hall–Kier alpha value is -1.40. The van der Waals surface area contributed by atoms with Gasteiger partial charge in [-0.05, 0) is 26.5 Å². The summed E-state index contributed by atoms with van der Waals surface area (Å²) in [5.74, 6) is -1.22. The summed E-state index contributed by atoms with van der Waals surface area (Å²) in [5.41, 5.74) is 0.969. The molecular weight excluding hydrogens is 258 g/mol. The molecule has 1 aliphatic heterocycles. The van der Waals surface area contributed by atoms with E-state index in [9.17, 15) is 9.90 Å². The van der Waals surface area contributed by atoms with Crippen LogP contribution in [-0.4, -0.2) is 51.6 Å². The largest absolute Gasteiger partial charge is 0.481 e. The first-order valence-electron chi connectivity index (χ1n) is 7.11. The molecule has 1 aliphatic rings. The minimum absolute atomic E-state index is 0.0679. The Bertz CT molecular complexity index is 458. The van der Waals surface area contributed by atoms with Crippen molar-refractivity contribution < 1.29 is 14.6 Å². The molecule has 6 heteroatoms. The van der Waals surface area contributed by atoms with E-state index in [1.807, 2.05) is 23.9 Å². The van der Waals surface area contributed by atoms with Gasteiger partial charge in [0.25, 0.3) is 0 Å². The van der Waals surface area contributed by atoms with E-state index in [0.717, 1.165) is 12.2 Å². The van der Waals surface area contributed by atoms with Crippen LogP contribution in [0.3, 0.4) is 0 Å². The highest BCUT2D eigenvalue weighted by Gasteiger charge is 2.37. The molecular formula is C14H23N3O3. The van der Waals surface area contributed by atoms with Gasteiger partial charge in [-0.15, -0.1) is 0 Å². The van der Waals surface area contributed by atoms with Crippen LogP contribution >= 0.6 is 0 Å². The van der Waals surface area contributed by atoms with Gasteiger partial charge in [0.1, 0.15) is 0 Å². The maximum Gasteiger partial charge on any atom is 0.310 e. The topological polar surface area (TPSA) is 67.6 Å². The summed E-state index contributed by atoms with van der Waals surface area (Å²) in [6.45, 7) is 8.43. The Balaban J connectivity index is 2.06. The van der Waals surface area contributed by atoms with Crippen LogP contribution in [0.4, 0.5) is 0 Å². The van der Waals surface area contributed by atoms with Crippen LogP contribution in [0.25, 0.3) is 0 Å². The zero-order valence-electron chi connectivity index (χ0n) is 12.3. The third-order valence-corrected chi connectivity index (χ3v) is 3.80. The van der Waals surface area contributed by atoms with E-state index in [0.29, 0.717) is 25.8 Å². The van der Waals surface area contributed by atoms with Gasteiger partial charge in [-0.25, -0.2) is 0 Å². The summed E-state index contributed by atoms with van der Waals surface area (Å²) in [7, 11) is 0. The van der Waals surface area contributed by atoms with E-state index in [4.69, 9.17) is 4.74 Å². The van der Waals surface area contributed by atoms with E-state index < -0.39 is 11.9 Å². The molecule has 1 aromatic heterocycles. The molecule has 112 valence electrons. The van der Waals surface area contributed by atoms with E-state index in [-0.39, 0.29) is 6.04 Å². The highest BCUT2D eigenvalue weighted by Crippen LogP contribution is 2.21. The molecule has 2 heterocycles. The van der Waals surface area contributed by atoms with Crippen LogP contribution in [0, 0.1) is 5.92 Å². The van der Waals surface area contributed by atoms with Gasteiger partial charge in [0, 0.05) is 24.8 Å². The third kappa shape index (κ3) is 3.19. The van der Waals surface area contributed by atoms with Crippen molar-refractivity contribution in [3.05, 3.63) is 18.0 Å². The maximum absolute atomic E-state index is 11.3. The van der Waals surface area contributed by atoms with Gasteiger partial charge in [-0.2, -0.15) is 5.10 Å². The lowest BCUT2D eigenvalue weighted by atomic mass is 10.0. The van der Waals surface area contributed by atoms with Crippen molar-refractivity contribution in [2.75, 3.05) is 19.8 Å². The summed E-state index contributed by atoms with van der Waals surface area (Å²) in [6.07, 6.45) is 1.97. The minimum Gasteiger partial charge on any atom is -0.481 e. The molecule has 1 saturated heterocycles. The molecule has 2 unspecified atom stereocenters. The summed E-state index contributed by atoms with van der Waals surface area (Å²) in [5, 5.41) is 13.8. The fourth-order valence-electron chi connectivity index (χ4n) is 2.56. The lowest BCUT2D eigenvalue weighted by Gasteiger charge is -2.28. The molecule has 2 rings (SSSR count). The molecule has 2 atom stereocenters. The Morgan fingerprint density at radius 3 is 2.90 bits per heavy atom. The summed E-state index contributed by atoms with van der Waals surface area (Å²) < 4.78 is 7.27. The van der Waals surface area contributed by atoms with Crippen LogP contribution in [0.15, 0.2) is 12.3 Å². The molecule has 0 radical (unpaired) electrons. The molecule has 20 heavy (non-hydrogen) atoms. The minimum atomic E-state index is -0.779. The number of aliphatic carboxylic acids is 1. The zero-order chi connectivity index (χ0) is 14.7. The second-order valence-electron chi connectivity index (χ2n) is 5.49. The average Bonchev–Trinajstić information content (AvgIpc) is 3.04. The highest BCUT2D eigenvalue weighted by molar-refractivity contribution is 5.71. The van der Waals surface area contributed by atoms with Crippen molar-refractivity contribution in [3.63, 3.8) is 0 Å². The van der Waals surface area contributed by atoms with Gasteiger partial charge >= 0.3 is 5.97 Å². The second-order valence-corrected chi connectivity index (χ2v) is 5.49. The van der Waals surface area contributed by atoms with Crippen molar-refractivity contribution in [2.24, 2.45) is 5.92 Å². The monoisotopic (exact) mass is 281 g/mol. The van der Waals surface area contributed by atoms with Crippen LogP contribution in [0.1, 0.15) is 32.5 Å². The van der Waals surface area contributed by atoms with Crippen LogP contribution in [0.5, 0.6) is 0 Å². The number of aromatic nitrogens is 2. The Labute approximate surface area is 119 Å². The van der Waals surface area contributed by atoms with E-state index >= 15 is 0 Å². The van der Waals surface area contributed by atoms with Crippen molar-refractivity contribution in [1.82, 2.24) is 14.7 Å². The number of nitrogens with zero attached hydrogens (tertiary/aromatic N) is 3. The van der Waals surface area contributed by atoms with Gasteiger partial charge < -0.3 is 9.84 Å². The first-order chi connectivity index (χ1) is 9.52. The fourth-order valence-corrected chi connectivity index (χ4v) is 2.56. The molecule has 1 aromatic rings. The normalized spacial score (nSPS) is 22.9. The van der Waals surface area contributed by atoms with Crippen molar-refractivity contribution in [3.8, 4) is 0 Å². The number of ether oxygens (including phenoxy) is 1. The van der Waals surface area contributed by atoms with Gasteiger partial charge in [-0.3, -0.25) is 14.4 Å². The van der Waals surface area contributed by atoms with Gasteiger partial charge in [-0.1, -0.05) is 6.92 Å². The number of carboxylic acid groups (broad SMARTS) is 1. The number of hydrogen-bond acceptors (Lipinski definition) is 4. The number of carbonyl (C=O) groups is 1. The number of hydrogen-bond donors (Lipinski definition) is 1. The molecule has 0 amide bonds. The lowest BCUT2D eigenvalue weighted by Crippen LogP contribution is -2.42. The molecule has 0 saturated carbocycles. The van der Waals surface area contributed by atoms with Crippen molar-refractivity contribution in [1.29, 1.82) is 0 Å². The standard InChI is InChI=1S/C14H23N3O3/c1-4-16(13-9-20-8-12(13)14(18)19)7-11-5-6-17(15-11)10(2)3/h5-6,10,12-13H,4,7-9H2,1-3H3,(H,18,19). The number of rotatable bonds is 6. The average molecular weight is 281 g/mol. The SMILES string of the molecule is CCN(Cc1ccn(C(C)C)n1)C1COCC1C(=O)O. The van der Waals surface area contributed by atoms with Crippen molar-refractivity contribution in [2.45, 2.75) is 39.4 Å². The molecule has 0 aromatic carbocycles. The molecule has 1 N–H and O–H groups in total. The summed E-state index contributed by atoms with van der Waals surface area (Å²) in [6, 6.07) is 2.26. The predicted octanol–water partition coefficient (Wildman–Crippen LogP) is 1.39. The Morgan fingerprint density at radius 1 is 1.60 bits per heavy atom. The molecule has 6 nitrogen and oxygen atoms in total. The first kappa shape index (κ1) is 15.0. The smallest absolute Gasteiger partial charge is 0.310 e. The van der Waals surface area contributed by atoms with Gasteiger partial charge in [0.15, 0.2) is 0 Å². The predicted molar refractivity (Wildman–Crippen MR) is 74.4 cm³/mol. The fraction of sp³-hybridized carbons (Fsp3) is 0.714. The zero-order valence-corrected chi connectivity index (χ0v) is 12.3. The summed E-state index contributed by atoms with van der Waals surface area (Å²) in [4.78, 5) is 13.4. The highest BCUT2D eigenvalue weighted by atomic mass is 16.5. The third-order valence-electron chi connectivity index (χ3n) is 3.80. The second kappa shape index (κ2) is 6.37. The van der Waals surface area contributed by atoms with Gasteiger partial charge in [0.2, 0.25) is 0 Å². The molecule has 0 bridgehead atoms. The van der Waals surface area contributed by atoms with Gasteiger partial charge in [0.05, 0.1) is 24.8 Å². The van der Waals surface area contributed by atoms with Crippen LogP contribution in [0.2, 0.25) is 0 Å². The van der Waals surface area contributed by atoms with Crippen molar-refractivity contribution >= 4 is 5.97 Å². The first-order valence-corrected chi connectivity index (χ1v) is 7.11. The van der Waals surface area contributed by atoms with E-state index in [1.54, 1.807) is 0 Å². The molecule has 0 aliphatic carbocycles. The number of carboxylic acids is 1.